The Kier molecular flexibility index (Phi) is 3.73. The van der Waals surface area contributed by atoms with Crippen molar-refractivity contribution in [1.82, 2.24) is 4.98 Å². The fourth-order valence-electron chi connectivity index (χ4n) is 1.27. The molecule has 14 heavy (non-hydrogen) atoms. The molecule has 1 aromatic heterocycles. The number of aromatic nitrogens is 1. The number of hydrogen-bond donors (Lipinski definition) is 1. The minimum Gasteiger partial charge on any atom is -0.396 e. The Morgan fingerprint density at radius 2 is 2.00 bits per heavy atom. The molecule has 1 rings (SSSR count). The highest BCUT2D eigenvalue weighted by molar-refractivity contribution is 5.66. The molecule has 3 heteroatoms. The fourth-order valence-corrected chi connectivity index (χ4v) is 1.27. The molecule has 3 nitrogen and oxygen atoms in total. The Morgan fingerprint density at radius 1 is 1.36 bits per heavy atom. The molecule has 0 fully saturated rings. The van der Waals surface area contributed by atoms with Gasteiger partial charge in [0, 0.05) is 19.3 Å². The molecule has 1 heterocycles. The minimum atomic E-state index is 0.677. The Morgan fingerprint density at radius 3 is 2.50 bits per heavy atom. The summed E-state index contributed by atoms with van der Waals surface area (Å²) in [7, 11) is 0. The second-order valence-corrected chi connectivity index (χ2v) is 2.92. The zero-order chi connectivity index (χ0) is 10.4. The second kappa shape index (κ2) is 5.07. The van der Waals surface area contributed by atoms with Crippen LogP contribution >= 0.6 is 0 Å². The third-order valence-corrected chi connectivity index (χ3v) is 1.87. The number of rotatable bonds is 5. The SMILES string of the molecule is C=CCN(CC=C)c1ccncc1N. The summed E-state index contributed by atoms with van der Waals surface area (Å²) in [6.07, 6.45) is 7.05. The van der Waals surface area contributed by atoms with Gasteiger partial charge in [0.25, 0.3) is 0 Å². The van der Waals surface area contributed by atoms with Crippen molar-refractivity contribution in [2.45, 2.75) is 0 Å². The van der Waals surface area contributed by atoms with Crippen LogP contribution in [0.5, 0.6) is 0 Å². The van der Waals surface area contributed by atoms with Crippen LogP contribution in [0, 0.1) is 0 Å². The lowest BCUT2D eigenvalue weighted by Gasteiger charge is -2.22. The Hall–Kier alpha value is -1.77. The summed E-state index contributed by atoms with van der Waals surface area (Å²) in [6.45, 7) is 8.91. The van der Waals surface area contributed by atoms with Crippen molar-refractivity contribution < 1.29 is 0 Å². The molecular formula is C11H15N3. The first kappa shape index (κ1) is 10.3. The molecule has 0 radical (unpaired) electrons. The zero-order valence-electron chi connectivity index (χ0n) is 8.19. The number of nitrogen functional groups attached to an aromatic ring is 1. The molecule has 0 saturated carbocycles. The minimum absolute atomic E-state index is 0.677. The molecule has 2 N–H and O–H groups in total. The van der Waals surface area contributed by atoms with Gasteiger partial charge in [0.1, 0.15) is 0 Å². The van der Waals surface area contributed by atoms with E-state index in [2.05, 4.69) is 23.0 Å². The van der Waals surface area contributed by atoms with Crippen molar-refractivity contribution in [3.63, 3.8) is 0 Å². The van der Waals surface area contributed by atoms with Crippen LogP contribution in [0.15, 0.2) is 43.8 Å². The van der Waals surface area contributed by atoms with E-state index in [-0.39, 0.29) is 0 Å². The second-order valence-electron chi connectivity index (χ2n) is 2.92. The number of anilines is 2. The molecule has 1 aromatic rings. The summed E-state index contributed by atoms with van der Waals surface area (Å²) in [4.78, 5) is 6.02. The zero-order valence-corrected chi connectivity index (χ0v) is 8.19. The van der Waals surface area contributed by atoms with Crippen molar-refractivity contribution in [3.8, 4) is 0 Å². The molecule has 0 aliphatic rings. The lowest BCUT2D eigenvalue weighted by atomic mass is 10.3. The third kappa shape index (κ3) is 2.36. The van der Waals surface area contributed by atoms with Crippen LogP contribution in [0.4, 0.5) is 11.4 Å². The van der Waals surface area contributed by atoms with Crippen LogP contribution < -0.4 is 10.6 Å². The smallest absolute Gasteiger partial charge is 0.0738 e. The van der Waals surface area contributed by atoms with Gasteiger partial charge in [-0.05, 0) is 6.07 Å². The van der Waals surface area contributed by atoms with Crippen LogP contribution in [0.1, 0.15) is 0 Å². The summed E-state index contributed by atoms with van der Waals surface area (Å²) in [6, 6.07) is 1.89. The normalized spacial score (nSPS) is 9.43. The molecule has 0 aromatic carbocycles. The molecule has 0 spiro atoms. The van der Waals surface area contributed by atoms with Crippen molar-refractivity contribution >= 4 is 11.4 Å². The molecule has 0 bridgehead atoms. The topological polar surface area (TPSA) is 42.2 Å². The summed E-state index contributed by atoms with van der Waals surface area (Å²) < 4.78 is 0. The monoisotopic (exact) mass is 189 g/mol. The third-order valence-electron chi connectivity index (χ3n) is 1.87. The first-order valence-corrected chi connectivity index (χ1v) is 4.45. The maximum atomic E-state index is 5.81. The van der Waals surface area contributed by atoms with Gasteiger partial charge < -0.3 is 10.6 Å². The molecule has 0 atom stereocenters. The fraction of sp³-hybridized carbons (Fsp3) is 0.182. The summed E-state index contributed by atoms with van der Waals surface area (Å²) in [5.41, 5.74) is 7.46. The van der Waals surface area contributed by atoms with E-state index in [9.17, 15) is 0 Å². The van der Waals surface area contributed by atoms with Crippen LogP contribution in [0.2, 0.25) is 0 Å². The van der Waals surface area contributed by atoms with Crippen LogP contribution in [-0.4, -0.2) is 18.1 Å². The van der Waals surface area contributed by atoms with Gasteiger partial charge in [-0.3, -0.25) is 4.98 Å². The molecule has 0 unspecified atom stereocenters. The average molecular weight is 189 g/mol. The van der Waals surface area contributed by atoms with Gasteiger partial charge >= 0.3 is 0 Å². The summed E-state index contributed by atoms with van der Waals surface area (Å²) >= 11 is 0. The number of pyridine rings is 1. The average Bonchev–Trinajstić information content (AvgIpc) is 2.18. The van der Waals surface area contributed by atoms with Gasteiger partial charge in [0.05, 0.1) is 17.6 Å². The maximum Gasteiger partial charge on any atom is 0.0738 e. The van der Waals surface area contributed by atoms with Gasteiger partial charge in [-0.25, -0.2) is 0 Å². The van der Waals surface area contributed by atoms with Gasteiger partial charge in [-0.1, -0.05) is 12.2 Å². The Labute approximate surface area is 84.6 Å². The van der Waals surface area contributed by atoms with E-state index < -0.39 is 0 Å². The number of nitrogens with two attached hydrogens (primary N) is 1. The molecule has 0 aliphatic heterocycles. The molecule has 0 aliphatic carbocycles. The summed E-state index contributed by atoms with van der Waals surface area (Å²) in [5.74, 6) is 0. The van der Waals surface area contributed by atoms with Crippen LogP contribution in [0.3, 0.4) is 0 Å². The molecule has 74 valence electrons. The van der Waals surface area contributed by atoms with E-state index >= 15 is 0 Å². The maximum absolute atomic E-state index is 5.81. The standard InChI is InChI=1S/C11H15N3/c1-3-7-14(8-4-2)11-5-6-13-9-10(11)12/h3-6,9H,1-2,7-8,12H2. The van der Waals surface area contributed by atoms with Gasteiger partial charge in [0.2, 0.25) is 0 Å². The van der Waals surface area contributed by atoms with Crippen LogP contribution in [0.25, 0.3) is 0 Å². The van der Waals surface area contributed by atoms with Crippen molar-refractivity contribution in [1.29, 1.82) is 0 Å². The van der Waals surface area contributed by atoms with Gasteiger partial charge in [0.15, 0.2) is 0 Å². The predicted octanol–water partition coefficient (Wildman–Crippen LogP) is 1.84. The lowest BCUT2D eigenvalue weighted by Crippen LogP contribution is -2.24. The van der Waals surface area contributed by atoms with E-state index in [0.29, 0.717) is 5.69 Å². The van der Waals surface area contributed by atoms with Crippen molar-refractivity contribution in [3.05, 3.63) is 43.8 Å². The van der Waals surface area contributed by atoms with E-state index in [4.69, 9.17) is 5.73 Å². The van der Waals surface area contributed by atoms with Crippen molar-refractivity contribution in [2.75, 3.05) is 23.7 Å². The molecule has 0 saturated heterocycles. The quantitative estimate of drug-likeness (QED) is 0.719. The lowest BCUT2D eigenvalue weighted by molar-refractivity contribution is 0.956. The van der Waals surface area contributed by atoms with E-state index in [1.165, 1.54) is 0 Å². The van der Waals surface area contributed by atoms with E-state index in [1.54, 1.807) is 12.4 Å². The highest BCUT2D eigenvalue weighted by atomic mass is 15.1. The Bertz CT molecular complexity index is 310. The largest absolute Gasteiger partial charge is 0.396 e. The number of hydrogen-bond acceptors (Lipinski definition) is 3. The van der Waals surface area contributed by atoms with Gasteiger partial charge in [-0.2, -0.15) is 0 Å². The van der Waals surface area contributed by atoms with E-state index in [1.807, 2.05) is 18.2 Å². The van der Waals surface area contributed by atoms with Crippen LogP contribution in [-0.2, 0) is 0 Å². The highest BCUT2D eigenvalue weighted by Crippen LogP contribution is 2.20. The highest BCUT2D eigenvalue weighted by Gasteiger charge is 2.05. The first-order valence-electron chi connectivity index (χ1n) is 4.45. The summed E-state index contributed by atoms with van der Waals surface area (Å²) in [5, 5.41) is 0. The molecule has 0 amide bonds. The Balaban J connectivity index is 2.91. The first-order chi connectivity index (χ1) is 6.79. The predicted molar refractivity (Wildman–Crippen MR) is 61.3 cm³/mol. The van der Waals surface area contributed by atoms with Crippen molar-refractivity contribution in [2.24, 2.45) is 0 Å². The van der Waals surface area contributed by atoms with Gasteiger partial charge in [-0.15, -0.1) is 13.2 Å². The van der Waals surface area contributed by atoms with E-state index in [0.717, 1.165) is 18.8 Å². The molecular weight excluding hydrogens is 174 g/mol. The number of nitrogens with zero attached hydrogens (tertiary/aromatic N) is 2.